The molecule has 0 bridgehead atoms. The lowest BCUT2D eigenvalue weighted by Gasteiger charge is -2.23. The third kappa shape index (κ3) is 4.27. The molecule has 2 atom stereocenters. The number of aromatic nitrogens is 1. The number of carbonyl (C=O) groups excluding carboxylic acids is 1. The molecule has 0 spiro atoms. The number of aliphatic hydroxyl groups is 2. The highest BCUT2D eigenvalue weighted by Crippen LogP contribution is 2.24. The lowest BCUT2D eigenvalue weighted by atomic mass is 9.96. The van der Waals surface area contributed by atoms with Crippen LogP contribution in [0.2, 0.25) is 0 Å². The molecule has 1 saturated heterocycles. The number of likely N-dealkylation sites (tertiary alicyclic amines) is 1. The third-order valence-electron chi connectivity index (χ3n) is 5.71. The van der Waals surface area contributed by atoms with Gasteiger partial charge in [0.05, 0.1) is 12.1 Å². The van der Waals surface area contributed by atoms with E-state index in [9.17, 15) is 14.7 Å². The van der Waals surface area contributed by atoms with E-state index in [2.05, 4.69) is 0 Å². The van der Waals surface area contributed by atoms with Crippen LogP contribution in [0.25, 0.3) is 10.9 Å². The minimum atomic E-state index is -0.0368. The first-order valence-corrected chi connectivity index (χ1v) is 9.71. The molecule has 7 heteroatoms. The Bertz CT molecular complexity index is 895. The molecule has 0 aliphatic carbocycles. The summed E-state index contributed by atoms with van der Waals surface area (Å²) in [4.78, 5) is 29.1. The monoisotopic (exact) mass is 387 g/mol. The zero-order valence-corrected chi connectivity index (χ0v) is 16.5. The van der Waals surface area contributed by atoms with Crippen molar-refractivity contribution in [1.82, 2.24) is 14.4 Å². The molecule has 3 rings (SSSR count). The smallest absolute Gasteiger partial charge is 0.242 e. The van der Waals surface area contributed by atoms with E-state index in [1.165, 1.54) is 0 Å². The molecule has 0 radical (unpaired) electrons. The van der Waals surface area contributed by atoms with E-state index in [-0.39, 0.29) is 42.9 Å². The molecule has 1 aliphatic rings. The topological polar surface area (TPSA) is 86.0 Å². The number of para-hydroxylation sites is 1. The summed E-state index contributed by atoms with van der Waals surface area (Å²) in [6, 6.07) is 8.91. The van der Waals surface area contributed by atoms with Gasteiger partial charge in [-0.15, -0.1) is 0 Å². The molecule has 1 amide bonds. The maximum atomic E-state index is 13.0. The first-order valence-electron chi connectivity index (χ1n) is 9.71. The Kier molecular flexibility index (Phi) is 6.49. The van der Waals surface area contributed by atoms with Gasteiger partial charge in [-0.25, -0.2) is 0 Å². The minimum Gasteiger partial charge on any atom is -0.396 e. The Morgan fingerprint density at radius 2 is 1.93 bits per heavy atom. The summed E-state index contributed by atoms with van der Waals surface area (Å²) >= 11 is 0. The van der Waals surface area contributed by atoms with Gasteiger partial charge in [-0.1, -0.05) is 12.1 Å². The Hall–Kier alpha value is -2.22. The number of rotatable bonds is 7. The second-order valence-corrected chi connectivity index (χ2v) is 7.74. The summed E-state index contributed by atoms with van der Waals surface area (Å²) in [7, 11) is 1.94. The minimum absolute atomic E-state index is 0.0114. The Morgan fingerprint density at radius 3 is 2.64 bits per heavy atom. The highest BCUT2D eigenvalue weighted by atomic mass is 16.3. The van der Waals surface area contributed by atoms with Gasteiger partial charge in [0.2, 0.25) is 5.91 Å². The van der Waals surface area contributed by atoms with E-state index in [4.69, 9.17) is 5.11 Å². The Balaban J connectivity index is 1.77. The number of aliphatic hydroxyl groups excluding tert-OH is 2. The first-order chi connectivity index (χ1) is 13.4. The van der Waals surface area contributed by atoms with Crippen LogP contribution in [0.5, 0.6) is 0 Å². The van der Waals surface area contributed by atoms with Gasteiger partial charge in [0.1, 0.15) is 6.54 Å². The second kappa shape index (κ2) is 8.86. The van der Waals surface area contributed by atoms with Crippen molar-refractivity contribution in [2.75, 3.05) is 46.4 Å². The van der Waals surface area contributed by atoms with E-state index in [1.807, 2.05) is 46.5 Å². The Morgan fingerprint density at radius 1 is 1.21 bits per heavy atom. The van der Waals surface area contributed by atoms with Crippen molar-refractivity contribution < 1.29 is 15.0 Å². The van der Waals surface area contributed by atoms with Gasteiger partial charge >= 0.3 is 0 Å². The fourth-order valence-corrected chi connectivity index (χ4v) is 4.12. The molecule has 1 aromatic carbocycles. The Labute approximate surface area is 164 Å². The molecule has 2 N–H and O–H groups in total. The van der Waals surface area contributed by atoms with Crippen molar-refractivity contribution in [3.05, 3.63) is 46.2 Å². The SMILES string of the molecule is Cc1cc(=O)c2ccccc2n1CC(=O)N1C[C@@H](CN(C)CCO)[C@@H](CO)C1. The summed E-state index contributed by atoms with van der Waals surface area (Å²) < 4.78 is 1.89. The zero-order chi connectivity index (χ0) is 20.3. The molecule has 28 heavy (non-hydrogen) atoms. The van der Waals surface area contributed by atoms with Crippen LogP contribution in [0.15, 0.2) is 35.1 Å². The molecule has 152 valence electrons. The molecule has 7 nitrogen and oxygen atoms in total. The number of benzene rings is 1. The average molecular weight is 387 g/mol. The van der Waals surface area contributed by atoms with Crippen LogP contribution in [0.1, 0.15) is 5.69 Å². The summed E-state index contributed by atoms with van der Waals surface area (Å²) in [5.74, 6) is 0.206. The van der Waals surface area contributed by atoms with Crippen LogP contribution in [0.4, 0.5) is 0 Å². The number of hydrogen-bond donors (Lipinski definition) is 2. The van der Waals surface area contributed by atoms with Gasteiger partial charge < -0.3 is 24.6 Å². The second-order valence-electron chi connectivity index (χ2n) is 7.74. The molecule has 2 aromatic rings. The summed E-state index contributed by atoms with van der Waals surface area (Å²) in [5, 5.41) is 19.4. The number of nitrogens with zero attached hydrogens (tertiary/aromatic N) is 3. The molecule has 0 saturated carbocycles. The van der Waals surface area contributed by atoms with E-state index >= 15 is 0 Å². The van der Waals surface area contributed by atoms with E-state index < -0.39 is 0 Å². The van der Waals surface area contributed by atoms with Crippen molar-refractivity contribution in [1.29, 1.82) is 0 Å². The van der Waals surface area contributed by atoms with Gasteiger partial charge in [0.25, 0.3) is 0 Å². The fraction of sp³-hybridized carbons (Fsp3) is 0.524. The normalized spacial score (nSPS) is 19.7. The number of pyridine rings is 1. The fourth-order valence-electron chi connectivity index (χ4n) is 4.12. The number of likely N-dealkylation sites (N-methyl/N-ethyl adjacent to an activating group) is 1. The lowest BCUT2D eigenvalue weighted by molar-refractivity contribution is -0.131. The van der Waals surface area contributed by atoms with Gasteiger partial charge in [-0.05, 0) is 32.0 Å². The molecule has 1 fully saturated rings. The maximum Gasteiger partial charge on any atom is 0.242 e. The van der Waals surface area contributed by atoms with Crippen LogP contribution in [-0.2, 0) is 11.3 Å². The predicted octanol–water partition coefficient (Wildman–Crippen LogP) is 0.301. The third-order valence-corrected chi connectivity index (χ3v) is 5.71. The first kappa shape index (κ1) is 20.5. The number of amides is 1. The van der Waals surface area contributed by atoms with Crippen LogP contribution in [0, 0.1) is 18.8 Å². The van der Waals surface area contributed by atoms with E-state index in [1.54, 1.807) is 12.1 Å². The quantitative estimate of drug-likeness (QED) is 0.714. The van der Waals surface area contributed by atoms with Crippen molar-refractivity contribution in [3.8, 4) is 0 Å². The molecule has 1 aromatic heterocycles. The molecular weight excluding hydrogens is 358 g/mol. The highest BCUT2D eigenvalue weighted by molar-refractivity contribution is 5.82. The zero-order valence-electron chi connectivity index (χ0n) is 16.5. The summed E-state index contributed by atoms with van der Waals surface area (Å²) in [6.07, 6.45) is 0. The van der Waals surface area contributed by atoms with E-state index in [0.29, 0.717) is 25.0 Å². The molecule has 1 aliphatic heterocycles. The van der Waals surface area contributed by atoms with Crippen LogP contribution >= 0.6 is 0 Å². The predicted molar refractivity (Wildman–Crippen MR) is 108 cm³/mol. The molecular formula is C21H29N3O4. The van der Waals surface area contributed by atoms with Crippen molar-refractivity contribution >= 4 is 16.8 Å². The van der Waals surface area contributed by atoms with Crippen LogP contribution in [0.3, 0.4) is 0 Å². The van der Waals surface area contributed by atoms with E-state index in [0.717, 1.165) is 17.8 Å². The van der Waals surface area contributed by atoms with Gasteiger partial charge in [0.15, 0.2) is 5.43 Å². The van der Waals surface area contributed by atoms with Crippen LogP contribution in [-0.4, -0.2) is 76.9 Å². The lowest BCUT2D eigenvalue weighted by Crippen LogP contribution is -2.35. The average Bonchev–Trinajstić information content (AvgIpc) is 3.08. The number of hydrogen-bond acceptors (Lipinski definition) is 5. The van der Waals surface area contributed by atoms with Gasteiger partial charge in [0, 0.05) is 55.9 Å². The summed E-state index contributed by atoms with van der Waals surface area (Å²) in [5.41, 5.74) is 1.48. The van der Waals surface area contributed by atoms with Gasteiger partial charge in [-0.2, -0.15) is 0 Å². The largest absolute Gasteiger partial charge is 0.396 e. The highest BCUT2D eigenvalue weighted by Gasteiger charge is 2.35. The van der Waals surface area contributed by atoms with Crippen molar-refractivity contribution in [3.63, 3.8) is 0 Å². The number of aryl methyl sites for hydroxylation is 1. The number of fused-ring (bicyclic) bond motifs is 1. The van der Waals surface area contributed by atoms with Crippen LogP contribution < -0.4 is 5.43 Å². The molecule has 0 unspecified atom stereocenters. The summed E-state index contributed by atoms with van der Waals surface area (Å²) in [6.45, 7) is 4.58. The maximum absolute atomic E-state index is 13.0. The number of carbonyl (C=O) groups is 1. The standard InChI is InChI=1S/C21H29N3O4/c1-15-9-20(27)18-5-3-4-6-19(18)24(15)13-21(28)23-11-16(17(12-23)14-26)10-22(2)7-8-25/h3-6,9,16-17,25-26H,7-8,10-14H2,1-2H3/t16-,17-/m1/s1. The van der Waals surface area contributed by atoms with Crippen molar-refractivity contribution in [2.24, 2.45) is 11.8 Å². The molecule has 2 heterocycles. The van der Waals surface area contributed by atoms with Crippen molar-refractivity contribution in [2.45, 2.75) is 13.5 Å². The van der Waals surface area contributed by atoms with Gasteiger partial charge in [-0.3, -0.25) is 9.59 Å².